The molecule has 0 bridgehead atoms. The summed E-state index contributed by atoms with van der Waals surface area (Å²) >= 11 is 3.38. The number of nitrogens with zero attached hydrogens (tertiary/aromatic N) is 1. The molecule has 0 aliphatic rings. The van der Waals surface area contributed by atoms with Crippen LogP contribution in [0.15, 0.2) is 70.2 Å². The van der Waals surface area contributed by atoms with Crippen LogP contribution in [0.5, 0.6) is 5.75 Å². The Morgan fingerprint density at radius 2 is 1.77 bits per heavy atom. The highest BCUT2D eigenvalue weighted by Gasteiger charge is 2.08. The minimum absolute atomic E-state index is 0.0692. The van der Waals surface area contributed by atoms with Crippen molar-refractivity contribution in [2.24, 2.45) is 5.10 Å². The highest BCUT2D eigenvalue weighted by molar-refractivity contribution is 9.10. The van der Waals surface area contributed by atoms with Crippen LogP contribution in [0.3, 0.4) is 0 Å². The number of hydrogen-bond donors (Lipinski definition) is 2. The second-order valence-electron chi connectivity index (χ2n) is 6.87. The Morgan fingerprint density at radius 1 is 1.00 bits per heavy atom. The summed E-state index contributed by atoms with van der Waals surface area (Å²) < 4.78 is 6.44. The molecule has 6 nitrogen and oxygen atoms in total. The minimum Gasteiger partial charge on any atom is -0.483 e. The van der Waals surface area contributed by atoms with E-state index in [1.807, 2.05) is 61.5 Å². The van der Waals surface area contributed by atoms with E-state index in [9.17, 15) is 9.59 Å². The molecule has 0 aromatic heterocycles. The second-order valence-corrected chi connectivity index (χ2v) is 7.78. The first-order valence-electron chi connectivity index (χ1n) is 9.40. The Morgan fingerprint density at radius 3 is 2.53 bits per heavy atom. The van der Waals surface area contributed by atoms with Crippen molar-refractivity contribution >= 4 is 49.9 Å². The number of amides is 2. The van der Waals surface area contributed by atoms with E-state index in [1.165, 1.54) is 0 Å². The van der Waals surface area contributed by atoms with Gasteiger partial charge in [-0.25, -0.2) is 5.43 Å². The van der Waals surface area contributed by atoms with Gasteiger partial charge in [0.25, 0.3) is 5.91 Å². The van der Waals surface area contributed by atoms with E-state index in [0.29, 0.717) is 17.1 Å². The van der Waals surface area contributed by atoms with Gasteiger partial charge in [-0.15, -0.1) is 0 Å². The van der Waals surface area contributed by atoms with Crippen LogP contribution in [0, 0.1) is 6.92 Å². The number of rotatable bonds is 7. The molecule has 3 rings (SSSR count). The van der Waals surface area contributed by atoms with Crippen LogP contribution in [-0.4, -0.2) is 24.1 Å². The molecular formula is C23H22BrN3O3. The molecule has 0 atom stereocenters. The van der Waals surface area contributed by atoms with E-state index < -0.39 is 5.91 Å². The van der Waals surface area contributed by atoms with Crippen LogP contribution in [0.4, 0.5) is 5.69 Å². The number of ether oxygens (including phenoxy) is 1. The van der Waals surface area contributed by atoms with Gasteiger partial charge in [0, 0.05) is 15.9 Å². The molecule has 0 aliphatic heterocycles. The van der Waals surface area contributed by atoms with Gasteiger partial charge in [0.2, 0.25) is 5.91 Å². The van der Waals surface area contributed by atoms with Gasteiger partial charge in [-0.1, -0.05) is 46.3 Å². The van der Waals surface area contributed by atoms with Gasteiger partial charge >= 0.3 is 0 Å². The normalized spacial score (nSPS) is 11.2. The predicted octanol–water partition coefficient (Wildman–Crippen LogP) is 4.81. The topological polar surface area (TPSA) is 79.8 Å². The molecule has 0 heterocycles. The average molecular weight is 468 g/mol. The first kappa shape index (κ1) is 21.5. The van der Waals surface area contributed by atoms with Gasteiger partial charge < -0.3 is 10.1 Å². The Balaban J connectivity index is 1.47. The maximum Gasteiger partial charge on any atom is 0.277 e. The molecule has 0 unspecified atom stereocenters. The third-order valence-electron chi connectivity index (χ3n) is 4.32. The number of fused-ring (bicyclic) bond motifs is 1. The summed E-state index contributed by atoms with van der Waals surface area (Å²) in [6.07, 6.45) is 0.0692. The first-order valence-corrected chi connectivity index (χ1v) is 10.2. The summed E-state index contributed by atoms with van der Waals surface area (Å²) in [6, 6.07) is 19.2. The number of nitrogens with one attached hydrogen (secondary N) is 2. The Bertz CT molecular complexity index is 1110. The maximum atomic E-state index is 12.2. The number of anilines is 1. The molecule has 30 heavy (non-hydrogen) atoms. The summed E-state index contributed by atoms with van der Waals surface area (Å²) in [6.45, 7) is 3.41. The zero-order valence-corrected chi connectivity index (χ0v) is 18.3. The molecule has 0 saturated heterocycles. The number of aryl methyl sites for hydroxylation is 1. The van der Waals surface area contributed by atoms with E-state index in [0.717, 1.165) is 20.8 Å². The molecule has 0 spiro atoms. The van der Waals surface area contributed by atoms with Gasteiger partial charge in [-0.3, -0.25) is 9.59 Å². The van der Waals surface area contributed by atoms with E-state index in [4.69, 9.17) is 4.74 Å². The largest absolute Gasteiger partial charge is 0.483 e. The summed E-state index contributed by atoms with van der Waals surface area (Å²) in [4.78, 5) is 24.2. The van der Waals surface area contributed by atoms with Gasteiger partial charge in [0.15, 0.2) is 6.61 Å². The Labute approximate surface area is 183 Å². The molecule has 2 N–H and O–H groups in total. The van der Waals surface area contributed by atoms with Crippen molar-refractivity contribution in [3.05, 3.63) is 70.7 Å². The standard InChI is InChI=1S/C23H22BrN3O3/c1-15-11-19(24)8-10-21(15)30-14-23(29)27-26-16(2)12-22(28)25-20-9-7-17-5-3-4-6-18(17)13-20/h3-11,13H,12,14H2,1-2H3,(H,25,28)(H,27,29). The average Bonchev–Trinajstić information content (AvgIpc) is 2.71. The molecule has 0 saturated carbocycles. The van der Waals surface area contributed by atoms with E-state index in [1.54, 1.807) is 13.0 Å². The number of carbonyl (C=O) groups excluding carboxylic acids is 2. The highest BCUT2D eigenvalue weighted by Crippen LogP contribution is 2.22. The van der Waals surface area contributed by atoms with Crippen molar-refractivity contribution in [3.8, 4) is 5.75 Å². The monoisotopic (exact) mass is 467 g/mol. The predicted molar refractivity (Wildman–Crippen MR) is 123 cm³/mol. The van der Waals surface area contributed by atoms with Crippen LogP contribution in [0.25, 0.3) is 10.8 Å². The van der Waals surface area contributed by atoms with E-state index >= 15 is 0 Å². The summed E-state index contributed by atoms with van der Waals surface area (Å²) in [5.74, 6) is 0.0259. The lowest BCUT2D eigenvalue weighted by Crippen LogP contribution is -2.26. The van der Waals surface area contributed by atoms with Crippen LogP contribution >= 0.6 is 15.9 Å². The highest BCUT2D eigenvalue weighted by atomic mass is 79.9. The number of hydrazone groups is 1. The zero-order valence-electron chi connectivity index (χ0n) is 16.7. The van der Waals surface area contributed by atoms with Crippen LogP contribution in [0.1, 0.15) is 18.9 Å². The van der Waals surface area contributed by atoms with Crippen molar-refractivity contribution in [2.75, 3.05) is 11.9 Å². The maximum absolute atomic E-state index is 12.2. The third-order valence-corrected chi connectivity index (χ3v) is 4.81. The Hall–Kier alpha value is -3.19. The first-order chi connectivity index (χ1) is 14.4. The smallest absolute Gasteiger partial charge is 0.277 e. The number of halogens is 1. The lowest BCUT2D eigenvalue weighted by atomic mass is 10.1. The van der Waals surface area contributed by atoms with Crippen molar-refractivity contribution in [1.82, 2.24) is 5.43 Å². The number of hydrogen-bond acceptors (Lipinski definition) is 4. The molecular weight excluding hydrogens is 446 g/mol. The SMILES string of the molecule is CC(CC(=O)Nc1ccc2ccccc2c1)=NNC(=O)COc1ccc(Br)cc1C. The summed E-state index contributed by atoms with van der Waals surface area (Å²) in [5.41, 5.74) is 4.53. The lowest BCUT2D eigenvalue weighted by molar-refractivity contribution is -0.123. The molecule has 154 valence electrons. The fourth-order valence-electron chi connectivity index (χ4n) is 2.85. The van der Waals surface area contributed by atoms with Crippen molar-refractivity contribution < 1.29 is 14.3 Å². The van der Waals surface area contributed by atoms with Gasteiger partial charge in [-0.05, 0) is 60.5 Å². The fraction of sp³-hybridized carbons (Fsp3) is 0.174. The quantitative estimate of drug-likeness (QED) is 0.386. The molecule has 3 aromatic rings. The number of benzene rings is 3. The van der Waals surface area contributed by atoms with Crippen LogP contribution in [0.2, 0.25) is 0 Å². The fourth-order valence-corrected chi connectivity index (χ4v) is 3.33. The third kappa shape index (κ3) is 6.15. The van der Waals surface area contributed by atoms with Gasteiger partial charge in [0.05, 0.1) is 6.42 Å². The molecule has 0 radical (unpaired) electrons. The molecule has 2 amide bonds. The van der Waals surface area contributed by atoms with Crippen molar-refractivity contribution in [1.29, 1.82) is 0 Å². The lowest BCUT2D eigenvalue weighted by Gasteiger charge is -2.09. The van der Waals surface area contributed by atoms with Crippen LogP contribution < -0.4 is 15.5 Å². The van der Waals surface area contributed by atoms with Crippen molar-refractivity contribution in [3.63, 3.8) is 0 Å². The molecule has 3 aromatic carbocycles. The second kappa shape index (κ2) is 10.0. The molecule has 7 heteroatoms. The molecule has 0 aliphatic carbocycles. The van der Waals surface area contributed by atoms with Gasteiger partial charge in [0.1, 0.15) is 5.75 Å². The van der Waals surface area contributed by atoms with Crippen molar-refractivity contribution in [2.45, 2.75) is 20.3 Å². The molecule has 0 fully saturated rings. The van der Waals surface area contributed by atoms with Gasteiger partial charge in [-0.2, -0.15) is 5.10 Å². The van der Waals surface area contributed by atoms with Crippen LogP contribution in [-0.2, 0) is 9.59 Å². The van der Waals surface area contributed by atoms with E-state index in [-0.39, 0.29) is 18.9 Å². The minimum atomic E-state index is -0.397. The zero-order chi connectivity index (χ0) is 21.5. The summed E-state index contributed by atoms with van der Waals surface area (Å²) in [5, 5.41) is 8.98. The number of carbonyl (C=O) groups is 2. The Kier molecular flexibility index (Phi) is 7.19. The summed E-state index contributed by atoms with van der Waals surface area (Å²) in [7, 11) is 0. The van der Waals surface area contributed by atoms with E-state index in [2.05, 4.69) is 31.8 Å².